The van der Waals surface area contributed by atoms with Crippen molar-refractivity contribution in [2.24, 2.45) is 5.73 Å². The van der Waals surface area contributed by atoms with Gasteiger partial charge in [-0.1, -0.05) is 0 Å². The summed E-state index contributed by atoms with van der Waals surface area (Å²) in [5.41, 5.74) is 5.51. The Balaban J connectivity index is 2.52. The molecule has 1 saturated carbocycles. The van der Waals surface area contributed by atoms with Gasteiger partial charge in [0, 0.05) is 12.0 Å². The molecule has 4 heteroatoms. The van der Waals surface area contributed by atoms with Gasteiger partial charge in [-0.15, -0.1) is 0 Å². The zero-order chi connectivity index (χ0) is 11.9. The Hall–Kier alpha value is -1.03. The third-order valence-electron chi connectivity index (χ3n) is 3.33. The van der Waals surface area contributed by atoms with Crippen LogP contribution < -0.4 is 5.73 Å². The maximum atomic E-state index is 13.6. The number of benzene rings is 1. The molecule has 1 atom stereocenters. The van der Waals surface area contributed by atoms with E-state index in [1.54, 1.807) is 0 Å². The minimum Gasteiger partial charge on any atom is -0.330 e. The predicted octanol–water partition coefficient (Wildman–Crippen LogP) is 2.99. The quantitative estimate of drug-likeness (QED) is 0.847. The van der Waals surface area contributed by atoms with E-state index in [1.807, 2.05) is 0 Å². The molecule has 0 spiro atoms. The highest BCUT2D eigenvalue weighted by Gasteiger charge is 2.45. The first kappa shape index (κ1) is 11.5. The molecular formula is C12H14F3N. The van der Waals surface area contributed by atoms with Crippen molar-refractivity contribution in [1.82, 2.24) is 0 Å². The molecule has 1 aliphatic carbocycles. The Morgan fingerprint density at radius 1 is 1.38 bits per heavy atom. The van der Waals surface area contributed by atoms with Crippen LogP contribution in [0.4, 0.5) is 13.2 Å². The lowest BCUT2D eigenvalue weighted by Gasteiger charge is -2.16. The van der Waals surface area contributed by atoms with Crippen molar-refractivity contribution >= 4 is 0 Å². The number of rotatable bonds is 3. The lowest BCUT2D eigenvalue weighted by Crippen LogP contribution is -2.22. The minimum atomic E-state index is -1.30. The number of alkyl halides is 1. The largest absolute Gasteiger partial charge is 0.330 e. The van der Waals surface area contributed by atoms with E-state index in [-0.39, 0.29) is 17.7 Å². The van der Waals surface area contributed by atoms with Crippen molar-refractivity contribution in [2.75, 3.05) is 6.54 Å². The van der Waals surface area contributed by atoms with Gasteiger partial charge in [-0.25, -0.2) is 13.2 Å². The summed E-state index contributed by atoms with van der Waals surface area (Å²) < 4.78 is 40.0. The molecule has 2 N–H and O–H groups in total. The van der Waals surface area contributed by atoms with Crippen molar-refractivity contribution in [3.05, 3.63) is 34.9 Å². The molecule has 1 fully saturated rings. The fourth-order valence-corrected chi connectivity index (χ4v) is 1.96. The summed E-state index contributed by atoms with van der Waals surface area (Å²) in [6, 6.07) is 2.32. The molecule has 1 aromatic carbocycles. The van der Waals surface area contributed by atoms with Crippen molar-refractivity contribution in [3.63, 3.8) is 0 Å². The van der Waals surface area contributed by atoms with Gasteiger partial charge in [-0.05, 0) is 43.0 Å². The second-order valence-electron chi connectivity index (χ2n) is 4.46. The summed E-state index contributed by atoms with van der Waals surface area (Å²) in [4.78, 5) is 0. The molecule has 0 heterocycles. The van der Waals surface area contributed by atoms with Gasteiger partial charge in [0.15, 0.2) is 11.6 Å². The smallest absolute Gasteiger partial charge is 0.162 e. The van der Waals surface area contributed by atoms with Gasteiger partial charge in [0.05, 0.1) is 0 Å². The van der Waals surface area contributed by atoms with Gasteiger partial charge in [0.1, 0.15) is 6.17 Å². The first-order valence-electron chi connectivity index (χ1n) is 5.34. The van der Waals surface area contributed by atoms with E-state index in [0.29, 0.717) is 0 Å². The van der Waals surface area contributed by atoms with Crippen LogP contribution in [0.25, 0.3) is 0 Å². The maximum absolute atomic E-state index is 13.6. The fourth-order valence-electron chi connectivity index (χ4n) is 1.96. The van der Waals surface area contributed by atoms with Crippen LogP contribution in [0, 0.1) is 11.6 Å². The molecule has 0 aliphatic heterocycles. The second kappa shape index (κ2) is 3.77. The molecule has 16 heavy (non-hydrogen) atoms. The predicted molar refractivity (Wildman–Crippen MR) is 55.8 cm³/mol. The molecule has 1 aliphatic rings. The Bertz CT molecular complexity index is 411. The number of halogens is 3. The summed E-state index contributed by atoms with van der Waals surface area (Å²) in [6.45, 7) is 1.58. The molecule has 0 amide bonds. The molecule has 0 saturated heterocycles. The molecule has 1 aromatic rings. The molecule has 0 radical (unpaired) electrons. The van der Waals surface area contributed by atoms with E-state index in [9.17, 15) is 13.2 Å². The third kappa shape index (κ3) is 1.71. The van der Waals surface area contributed by atoms with Crippen molar-refractivity contribution in [3.8, 4) is 0 Å². The van der Waals surface area contributed by atoms with Crippen molar-refractivity contribution in [1.29, 1.82) is 0 Å². The normalized spacial score (nSPS) is 19.6. The van der Waals surface area contributed by atoms with Gasteiger partial charge < -0.3 is 5.73 Å². The molecule has 1 nitrogen and oxygen atoms in total. The first-order chi connectivity index (χ1) is 7.50. The molecule has 1 unspecified atom stereocenters. The highest BCUT2D eigenvalue weighted by Crippen LogP contribution is 2.49. The van der Waals surface area contributed by atoms with Crippen LogP contribution in [0.5, 0.6) is 0 Å². The highest BCUT2D eigenvalue weighted by molar-refractivity contribution is 5.37. The Labute approximate surface area is 92.5 Å². The zero-order valence-electron chi connectivity index (χ0n) is 9.06. The number of hydrogen-bond donors (Lipinski definition) is 1. The maximum Gasteiger partial charge on any atom is 0.162 e. The topological polar surface area (TPSA) is 26.0 Å². The molecule has 0 aromatic heterocycles. The summed E-state index contributed by atoms with van der Waals surface area (Å²) >= 11 is 0. The van der Waals surface area contributed by atoms with Crippen LogP contribution in [0.15, 0.2) is 12.1 Å². The third-order valence-corrected chi connectivity index (χ3v) is 3.33. The van der Waals surface area contributed by atoms with Crippen LogP contribution in [0.1, 0.15) is 37.1 Å². The lowest BCUT2D eigenvalue weighted by atomic mass is 9.93. The summed E-state index contributed by atoms with van der Waals surface area (Å²) in [5.74, 6) is -1.87. The molecule has 88 valence electrons. The van der Waals surface area contributed by atoms with Gasteiger partial charge in [0.25, 0.3) is 0 Å². The summed E-state index contributed by atoms with van der Waals surface area (Å²) in [7, 11) is 0. The van der Waals surface area contributed by atoms with Crippen LogP contribution >= 0.6 is 0 Å². The monoisotopic (exact) mass is 229 g/mol. The van der Waals surface area contributed by atoms with Crippen LogP contribution in [0.2, 0.25) is 0 Å². The average Bonchev–Trinajstić information content (AvgIpc) is 3.02. The van der Waals surface area contributed by atoms with Gasteiger partial charge in [-0.2, -0.15) is 0 Å². The van der Waals surface area contributed by atoms with Gasteiger partial charge >= 0.3 is 0 Å². The Kier molecular flexibility index (Phi) is 2.70. The van der Waals surface area contributed by atoms with E-state index in [0.717, 1.165) is 18.9 Å². The van der Waals surface area contributed by atoms with Crippen LogP contribution in [-0.2, 0) is 5.41 Å². The average molecular weight is 229 g/mol. The standard InChI is InChI=1S/C12H14F3N/c1-7(13)8-4-9(11(15)10(14)5-8)12(6-16)2-3-12/h4-5,7H,2-3,6,16H2,1H3. The molecular weight excluding hydrogens is 215 g/mol. The Morgan fingerprint density at radius 3 is 2.44 bits per heavy atom. The lowest BCUT2D eigenvalue weighted by molar-refractivity contribution is 0.369. The Morgan fingerprint density at radius 2 is 2.00 bits per heavy atom. The van der Waals surface area contributed by atoms with Gasteiger partial charge in [-0.3, -0.25) is 0 Å². The van der Waals surface area contributed by atoms with E-state index < -0.39 is 23.2 Å². The van der Waals surface area contributed by atoms with E-state index in [1.165, 1.54) is 13.0 Å². The first-order valence-corrected chi connectivity index (χ1v) is 5.34. The van der Waals surface area contributed by atoms with E-state index >= 15 is 0 Å². The minimum absolute atomic E-state index is 0.175. The van der Waals surface area contributed by atoms with Gasteiger partial charge in [0.2, 0.25) is 0 Å². The SMILES string of the molecule is CC(F)c1cc(F)c(F)c(C2(CN)CC2)c1. The number of nitrogens with two attached hydrogens (primary N) is 1. The van der Waals surface area contributed by atoms with Crippen LogP contribution in [-0.4, -0.2) is 6.54 Å². The van der Waals surface area contributed by atoms with E-state index in [4.69, 9.17) is 5.73 Å². The van der Waals surface area contributed by atoms with E-state index in [2.05, 4.69) is 0 Å². The molecule has 0 bridgehead atoms. The second-order valence-corrected chi connectivity index (χ2v) is 4.46. The summed E-state index contributed by atoms with van der Waals surface area (Å²) in [5, 5.41) is 0. The van der Waals surface area contributed by atoms with Crippen molar-refractivity contribution < 1.29 is 13.2 Å². The van der Waals surface area contributed by atoms with Crippen molar-refractivity contribution in [2.45, 2.75) is 31.4 Å². The number of hydrogen-bond acceptors (Lipinski definition) is 1. The molecule has 2 rings (SSSR count). The highest BCUT2D eigenvalue weighted by atomic mass is 19.2. The summed E-state index contributed by atoms with van der Waals surface area (Å²) in [6.07, 6.45) is 0.177. The van der Waals surface area contributed by atoms with Crippen LogP contribution in [0.3, 0.4) is 0 Å². The zero-order valence-corrected chi connectivity index (χ0v) is 9.06. The fraction of sp³-hybridized carbons (Fsp3) is 0.500.